The number of ether oxygens (including phenoxy) is 2. The van der Waals surface area contributed by atoms with E-state index in [2.05, 4.69) is 31.7 Å². The Kier molecular flexibility index (Phi) is 11.9. The predicted molar refractivity (Wildman–Crippen MR) is 175 cm³/mol. The van der Waals surface area contributed by atoms with Crippen LogP contribution in [0.25, 0.3) is 0 Å². The van der Waals surface area contributed by atoms with Crippen LogP contribution in [0.5, 0.6) is 11.5 Å². The maximum atomic E-state index is 12.1. The van der Waals surface area contributed by atoms with E-state index in [-0.39, 0.29) is 0 Å². The lowest BCUT2D eigenvalue weighted by molar-refractivity contribution is 0.251. The zero-order valence-electron chi connectivity index (χ0n) is 24.7. The van der Waals surface area contributed by atoms with Crippen molar-refractivity contribution >= 4 is 34.9 Å². The number of carbonyl (C=O) groups is 2. The number of urea groups is 2. The number of nitrogens with one attached hydrogen (secondary N) is 4. The van der Waals surface area contributed by atoms with Crippen LogP contribution in [-0.2, 0) is 0 Å². The van der Waals surface area contributed by atoms with Gasteiger partial charge in [-0.15, -0.1) is 0 Å². The Balaban J connectivity index is 1.15. The maximum Gasteiger partial charge on any atom is 0.339 e. The van der Waals surface area contributed by atoms with Crippen molar-refractivity contribution in [3.8, 4) is 11.5 Å². The molecule has 4 rings (SSSR count). The van der Waals surface area contributed by atoms with E-state index in [4.69, 9.17) is 9.47 Å². The Morgan fingerprint density at radius 2 is 0.977 bits per heavy atom. The van der Waals surface area contributed by atoms with E-state index >= 15 is 0 Å². The summed E-state index contributed by atoms with van der Waals surface area (Å²) < 4.78 is 11.8. The molecule has 226 valence electrons. The van der Waals surface area contributed by atoms with Crippen LogP contribution < -0.4 is 31.0 Å². The quantitative estimate of drug-likeness (QED) is 0.0756. The number of amides is 4. The van der Waals surface area contributed by atoms with Crippen molar-refractivity contribution in [1.82, 2.24) is 10.9 Å². The highest BCUT2D eigenvalue weighted by atomic mass is 16.5. The number of para-hydroxylation sites is 2. The Bertz CT molecular complexity index is 1460. The molecule has 0 aliphatic heterocycles. The Morgan fingerprint density at radius 3 is 1.39 bits per heavy atom. The van der Waals surface area contributed by atoms with Gasteiger partial charge in [-0.3, -0.25) is 0 Å². The molecule has 10 heteroatoms. The van der Waals surface area contributed by atoms with Crippen LogP contribution in [0.3, 0.4) is 0 Å². The average Bonchev–Trinajstić information content (AvgIpc) is 3.05. The minimum Gasteiger partial charge on any atom is -0.494 e. The number of hydrogen-bond donors (Lipinski definition) is 4. The molecule has 4 aromatic carbocycles. The van der Waals surface area contributed by atoms with E-state index < -0.39 is 12.1 Å². The van der Waals surface area contributed by atoms with E-state index in [1.165, 1.54) is 0 Å². The lowest BCUT2D eigenvalue weighted by Gasteiger charge is -2.10. The number of carbonyl (C=O) groups excluding carboxylic acids is 2. The molecule has 0 bridgehead atoms. The van der Waals surface area contributed by atoms with Crippen molar-refractivity contribution in [2.24, 2.45) is 10.2 Å². The van der Waals surface area contributed by atoms with Gasteiger partial charge in [0, 0.05) is 22.5 Å². The van der Waals surface area contributed by atoms with E-state index in [1.807, 2.05) is 98.8 Å². The lowest BCUT2D eigenvalue weighted by atomic mass is 10.1. The van der Waals surface area contributed by atoms with Crippen LogP contribution >= 0.6 is 0 Å². The van der Waals surface area contributed by atoms with Crippen LogP contribution in [0, 0.1) is 0 Å². The summed E-state index contributed by atoms with van der Waals surface area (Å²) in [6.07, 6.45) is 1.61. The molecular weight excluding hydrogens is 556 g/mol. The monoisotopic (exact) mass is 592 g/mol. The van der Waals surface area contributed by atoms with Crippen LogP contribution in [0.15, 0.2) is 119 Å². The molecule has 0 spiro atoms. The smallest absolute Gasteiger partial charge is 0.339 e. The van der Waals surface area contributed by atoms with Crippen molar-refractivity contribution in [2.75, 3.05) is 23.8 Å². The molecule has 0 saturated heterocycles. The second-order valence-corrected chi connectivity index (χ2v) is 9.72. The topological polar surface area (TPSA) is 125 Å². The SMILES string of the molecule is CC(=NNC(=O)Nc1ccccc1)c1cccc(OCCCCOc2cccc(C(C)=NNC(=O)Nc3ccccc3)c2)c1. The first-order valence-electron chi connectivity index (χ1n) is 14.3. The van der Waals surface area contributed by atoms with Crippen molar-refractivity contribution in [1.29, 1.82) is 0 Å². The first kappa shape index (κ1) is 31.3. The molecule has 0 fully saturated rings. The number of hydrogen-bond acceptors (Lipinski definition) is 6. The van der Waals surface area contributed by atoms with Gasteiger partial charge in [-0.1, -0.05) is 60.7 Å². The summed E-state index contributed by atoms with van der Waals surface area (Å²) >= 11 is 0. The molecule has 4 N–H and O–H groups in total. The zero-order chi connectivity index (χ0) is 31.0. The van der Waals surface area contributed by atoms with Crippen LogP contribution in [0.4, 0.5) is 21.0 Å². The number of rotatable bonds is 13. The molecule has 0 aliphatic carbocycles. The number of unbranched alkanes of at least 4 members (excludes halogenated alkanes) is 1. The summed E-state index contributed by atoms with van der Waals surface area (Å²) in [7, 11) is 0. The van der Waals surface area contributed by atoms with Gasteiger partial charge in [-0.05, 0) is 75.2 Å². The van der Waals surface area contributed by atoms with Gasteiger partial charge in [-0.25, -0.2) is 20.4 Å². The molecule has 44 heavy (non-hydrogen) atoms. The van der Waals surface area contributed by atoms with E-state index in [0.717, 1.165) is 35.5 Å². The van der Waals surface area contributed by atoms with Gasteiger partial charge in [0.1, 0.15) is 11.5 Å². The predicted octanol–water partition coefficient (Wildman–Crippen LogP) is 7.02. The fourth-order valence-electron chi connectivity index (χ4n) is 3.97. The number of benzene rings is 4. The lowest BCUT2D eigenvalue weighted by Crippen LogP contribution is -2.25. The summed E-state index contributed by atoms with van der Waals surface area (Å²) in [5, 5.41) is 13.8. The fraction of sp³-hybridized carbons (Fsp3) is 0.176. The second-order valence-electron chi connectivity index (χ2n) is 9.72. The van der Waals surface area contributed by atoms with Gasteiger partial charge in [0.2, 0.25) is 0 Å². The third-order valence-corrected chi connectivity index (χ3v) is 6.29. The normalized spacial score (nSPS) is 11.3. The number of nitrogens with zero attached hydrogens (tertiary/aromatic N) is 2. The average molecular weight is 593 g/mol. The Morgan fingerprint density at radius 1 is 0.568 bits per heavy atom. The second kappa shape index (κ2) is 16.7. The molecule has 0 aromatic heterocycles. The van der Waals surface area contributed by atoms with Gasteiger partial charge in [0.05, 0.1) is 24.6 Å². The van der Waals surface area contributed by atoms with Crippen LogP contribution in [0.1, 0.15) is 37.8 Å². The molecule has 10 nitrogen and oxygen atoms in total. The van der Waals surface area contributed by atoms with Crippen molar-refractivity contribution in [3.63, 3.8) is 0 Å². The summed E-state index contributed by atoms with van der Waals surface area (Å²) in [4.78, 5) is 24.2. The molecule has 0 saturated carbocycles. The van der Waals surface area contributed by atoms with Gasteiger partial charge in [0.15, 0.2) is 0 Å². The van der Waals surface area contributed by atoms with Crippen molar-refractivity contribution in [2.45, 2.75) is 26.7 Å². The maximum absolute atomic E-state index is 12.1. The molecule has 4 amide bonds. The molecule has 0 unspecified atom stereocenters. The van der Waals surface area contributed by atoms with Gasteiger partial charge < -0.3 is 20.1 Å². The standard InChI is InChI=1S/C34H36N6O4/c1-25(37-39-33(41)35-29-15-5-3-6-16-29)27-13-11-19-31(23-27)43-21-9-10-22-44-32-20-12-14-28(24-32)26(2)38-40-34(42)36-30-17-7-4-8-18-30/h3-8,11-20,23-24H,9-10,21-22H2,1-2H3,(H2,35,39,41)(H2,36,40,42). The van der Waals surface area contributed by atoms with Crippen molar-refractivity contribution < 1.29 is 19.1 Å². The summed E-state index contributed by atoms with van der Waals surface area (Å²) in [6.45, 7) is 4.70. The summed E-state index contributed by atoms with van der Waals surface area (Å²) in [5.41, 5.74) is 9.40. The fourth-order valence-corrected chi connectivity index (χ4v) is 3.97. The Hall–Kier alpha value is -5.64. The molecule has 4 aromatic rings. The van der Waals surface area contributed by atoms with Crippen molar-refractivity contribution in [3.05, 3.63) is 120 Å². The first-order chi connectivity index (χ1) is 21.5. The van der Waals surface area contributed by atoms with Crippen LogP contribution in [0.2, 0.25) is 0 Å². The largest absolute Gasteiger partial charge is 0.494 e. The van der Waals surface area contributed by atoms with Gasteiger partial charge >= 0.3 is 12.1 Å². The number of hydrazone groups is 2. The Labute approximate surface area is 257 Å². The van der Waals surface area contributed by atoms with Gasteiger partial charge in [-0.2, -0.15) is 10.2 Å². The third kappa shape index (κ3) is 10.6. The van der Waals surface area contributed by atoms with Gasteiger partial charge in [0.25, 0.3) is 0 Å². The van der Waals surface area contributed by atoms with E-state index in [0.29, 0.717) is 36.0 Å². The molecule has 0 radical (unpaired) electrons. The van der Waals surface area contributed by atoms with Crippen LogP contribution in [-0.4, -0.2) is 36.7 Å². The molecule has 0 aliphatic rings. The minimum absolute atomic E-state index is 0.416. The molecule has 0 atom stereocenters. The minimum atomic E-state index is -0.416. The first-order valence-corrected chi connectivity index (χ1v) is 14.3. The summed E-state index contributed by atoms with van der Waals surface area (Å²) in [5.74, 6) is 1.44. The summed E-state index contributed by atoms with van der Waals surface area (Å²) in [6, 6.07) is 32.7. The van der Waals surface area contributed by atoms with E-state index in [9.17, 15) is 9.59 Å². The number of anilines is 2. The highest BCUT2D eigenvalue weighted by Gasteiger charge is 2.05. The molecule has 0 heterocycles. The highest BCUT2D eigenvalue weighted by Crippen LogP contribution is 2.16. The third-order valence-electron chi connectivity index (χ3n) is 6.29. The molecular formula is C34H36N6O4. The van der Waals surface area contributed by atoms with E-state index in [1.54, 1.807) is 24.3 Å². The zero-order valence-corrected chi connectivity index (χ0v) is 24.7. The highest BCUT2D eigenvalue weighted by molar-refractivity contribution is 6.01.